The SMILES string of the molecule is Cc1ccccc1Cn1cnc(NC(=O)c2ccn(COc3ccc(Cl)cc3Cl)n2)n1. The van der Waals surface area contributed by atoms with Crippen molar-refractivity contribution in [2.75, 3.05) is 5.32 Å². The molecule has 0 atom stereocenters. The fourth-order valence-electron chi connectivity index (χ4n) is 2.84. The van der Waals surface area contributed by atoms with E-state index in [1.807, 2.05) is 31.2 Å². The average Bonchev–Trinajstić information content (AvgIpc) is 3.39. The molecule has 0 saturated heterocycles. The highest BCUT2D eigenvalue weighted by atomic mass is 35.5. The van der Waals surface area contributed by atoms with Crippen molar-refractivity contribution in [2.45, 2.75) is 20.2 Å². The molecule has 0 saturated carbocycles. The molecule has 0 aliphatic carbocycles. The van der Waals surface area contributed by atoms with Crippen molar-refractivity contribution in [3.05, 3.63) is 87.9 Å². The van der Waals surface area contributed by atoms with Gasteiger partial charge in [0, 0.05) is 11.2 Å². The van der Waals surface area contributed by atoms with Crippen molar-refractivity contribution < 1.29 is 9.53 Å². The molecule has 1 amide bonds. The van der Waals surface area contributed by atoms with Crippen LogP contribution in [0, 0.1) is 6.92 Å². The van der Waals surface area contributed by atoms with Crippen molar-refractivity contribution >= 4 is 35.1 Å². The standard InChI is InChI=1S/C21H18Cl2N6O2/c1-14-4-2-3-5-15(14)11-29-12-24-21(27-29)25-20(30)18-8-9-28(26-18)13-31-19-7-6-16(22)10-17(19)23/h2-10,12H,11,13H2,1H3,(H,25,27,30). The summed E-state index contributed by atoms with van der Waals surface area (Å²) in [5.41, 5.74) is 2.50. The summed E-state index contributed by atoms with van der Waals surface area (Å²) >= 11 is 12.0. The lowest BCUT2D eigenvalue weighted by Crippen LogP contribution is -2.15. The minimum atomic E-state index is -0.420. The molecule has 0 spiro atoms. The van der Waals surface area contributed by atoms with Gasteiger partial charge in [-0.1, -0.05) is 47.5 Å². The van der Waals surface area contributed by atoms with Gasteiger partial charge in [-0.15, -0.1) is 5.10 Å². The lowest BCUT2D eigenvalue weighted by atomic mass is 10.1. The Labute approximate surface area is 188 Å². The number of aryl methyl sites for hydroxylation is 1. The molecular weight excluding hydrogens is 439 g/mol. The van der Waals surface area contributed by atoms with Gasteiger partial charge in [0.25, 0.3) is 5.91 Å². The van der Waals surface area contributed by atoms with E-state index in [1.165, 1.54) is 4.68 Å². The number of benzene rings is 2. The minimum absolute atomic E-state index is 0.0813. The van der Waals surface area contributed by atoms with Crippen LogP contribution in [0.25, 0.3) is 0 Å². The third-order valence-corrected chi connectivity index (χ3v) is 5.01. The molecule has 0 aliphatic heterocycles. The Morgan fingerprint density at radius 1 is 1.10 bits per heavy atom. The topological polar surface area (TPSA) is 86.9 Å². The van der Waals surface area contributed by atoms with E-state index in [-0.39, 0.29) is 18.4 Å². The molecule has 1 N–H and O–H groups in total. The van der Waals surface area contributed by atoms with Crippen LogP contribution in [0.15, 0.2) is 61.1 Å². The number of hydrogen-bond donors (Lipinski definition) is 1. The van der Waals surface area contributed by atoms with Gasteiger partial charge in [0.15, 0.2) is 12.4 Å². The predicted molar refractivity (Wildman–Crippen MR) is 118 cm³/mol. The number of hydrogen-bond acceptors (Lipinski definition) is 5. The summed E-state index contributed by atoms with van der Waals surface area (Å²) in [6.45, 7) is 2.68. The van der Waals surface area contributed by atoms with E-state index in [2.05, 4.69) is 20.5 Å². The zero-order valence-electron chi connectivity index (χ0n) is 16.5. The average molecular weight is 457 g/mol. The van der Waals surface area contributed by atoms with Crippen LogP contribution in [0.4, 0.5) is 5.95 Å². The maximum absolute atomic E-state index is 12.5. The van der Waals surface area contributed by atoms with Crippen molar-refractivity contribution in [1.29, 1.82) is 0 Å². The maximum Gasteiger partial charge on any atom is 0.278 e. The quantitative estimate of drug-likeness (QED) is 0.444. The molecule has 8 nitrogen and oxygen atoms in total. The predicted octanol–water partition coefficient (Wildman–Crippen LogP) is 4.43. The van der Waals surface area contributed by atoms with E-state index in [4.69, 9.17) is 27.9 Å². The van der Waals surface area contributed by atoms with E-state index >= 15 is 0 Å². The molecule has 0 radical (unpaired) electrons. The first-order valence-corrected chi connectivity index (χ1v) is 10.1. The number of nitrogens with zero attached hydrogens (tertiary/aromatic N) is 5. The number of nitrogens with one attached hydrogen (secondary N) is 1. The van der Waals surface area contributed by atoms with Crippen molar-refractivity contribution in [1.82, 2.24) is 24.5 Å². The van der Waals surface area contributed by atoms with Crippen LogP contribution in [0.2, 0.25) is 10.0 Å². The Balaban J connectivity index is 1.35. The Morgan fingerprint density at radius 2 is 1.94 bits per heavy atom. The molecular formula is C21H18Cl2N6O2. The third-order valence-electron chi connectivity index (χ3n) is 4.47. The molecule has 0 unspecified atom stereocenters. The van der Waals surface area contributed by atoms with E-state index < -0.39 is 5.91 Å². The molecule has 31 heavy (non-hydrogen) atoms. The second-order valence-electron chi connectivity index (χ2n) is 6.73. The van der Waals surface area contributed by atoms with Crippen LogP contribution < -0.4 is 10.1 Å². The van der Waals surface area contributed by atoms with Gasteiger partial charge in [0.1, 0.15) is 12.1 Å². The van der Waals surface area contributed by atoms with Crippen LogP contribution >= 0.6 is 23.2 Å². The normalized spacial score (nSPS) is 10.8. The molecule has 4 aromatic rings. The highest BCUT2D eigenvalue weighted by Gasteiger charge is 2.13. The van der Waals surface area contributed by atoms with Crippen LogP contribution in [-0.2, 0) is 13.3 Å². The van der Waals surface area contributed by atoms with Crippen molar-refractivity contribution in [3.63, 3.8) is 0 Å². The molecule has 0 bridgehead atoms. The highest BCUT2D eigenvalue weighted by molar-refractivity contribution is 6.35. The fraction of sp³-hybridized carbons (Fsp3) is 0.143. The molecule has 0 aliphatic rings. The molecule has 0 fully saturated rings. The maximum atomic E-state index is 12.5. The summed E-state index contributed by atoms with van der Waals surface area (Å²) < 4.78 is 8.75. The lowest BCUT2D eigenvalue weighted by molar-refractivity contribution is 0.101. The molecule has 2 aromatic heterocycles. The lowest BCUT2D eigenvalue weighted by Gasteiger charge is -2.08. The summed E-state index contributed by atoms with van der Waals surface area (Å²) in [6, 6.07) is 14.5. The molecule has 10 heteroatoms. The molecule has 2 heterocycles. The smallest absolute Gasteiger partial charge is 0.278 e. The zero-order chi connectivity index (χ0) is 21.8. The Kier molecular flexibility index (Phi) is 6.20. The zero-order valence-corrected chi connectivity index (χ0v) is 18.0. The molecule has 4 rings (SSSR count). The van der Waals surface area contributed by atoms with Crippen LogP contribution in [0.5, 0.6) is 5.75 Å². The number of rotatable bonds is 7. The fourth-order valence-corrected chi connectivity index (χ4v) is 3.30. The largest absolute Gasteiger partial charge is 0.470 e. The van der Waals surface area contributed by atoms with Crippen LogP contribution in [0.1, 0.15) is 21.6 Å². The van der Waals surface area contributed by atoms with Crippen LogP contribution in [-0.4, -0.2) is 30.5 Å². The van der Waals surface area contributed by atoms with E-state index in [1.54, 1.807) is 41.5 Å². The first kappa shape index (κ1) is 20.9. The van der Waals surface area contributed by atoms with Crippen molar-refractivity contribution in [2.24, 2.45) is 0 Å². The van der Waals surface area contributed by atoms with E-state index in [0.717, 1.165) is 11.1 Å². The monoisotopic (exact) mass is 456 g/mol. The Hall–Kier alpha value is -3.36. The van der Waals surface area contributed by atoms with Crippen LogP contribution in [0.3, 0.4) is 0 Å². The Morgan fingerprint density at radius 3 is 2.74 bits per heavy atom. The van der Waals surface area contributed by atoms with Gasteiger partial charge >= 0.3 is 0 Å². The van der Waals surface area contributed by atoms with Crippen molar-refractivity contribution in [3.8, 4) is 5.75 Å². The van der Waals surface area contributed by atoms with E-state index in [0.29, 0.717) is 22.3 Å². The number of anilines is 1. The number of aromatic nitrogens is 5. The van der Waals surface area contributed by atoms with Gasteiger partial charge in [-0.25, -0.2) is 14.3 Å². The summed E-state index contributed by atoms with van der Waals surface area (Å²) in [6.07, 6.45) is 3.20. The third kappa shape index (κ3) is 5.22. The number of halogens is 2. The van der Waals surface area contributed by atoms with Gasteiger partial charge < -0.3 is 4.74 Å². The number of carbonyl (C=O) groups is 1. The minimum Gasteiger partial charge on any atom is -0.470 e. The van der Waals surface area contributed by atoms with Gasteiger partial charge in [-0.05, 0) is 42.3 Å². The van der Waals surface area contributed by atoms with E-state index in [9.17, 15) is 4.79 Å². The second kappa shape index (κ2) is 9.20. The number of ether oxygens (including phenoxy) is 1. The summed E-state index contributed by atoms with van der Waals surface area (Å²) in [4.78, 5) is 16.6. The summed E-state index contributed by atoms with van der Waals surface area (Å²) in [5, 5.41) is 12.1. The van der Waals surface area contributed by atoms with Gasteiger partial charge in [0.05, 0.1) is 11.6 Å². The van der Waals surface area contributed by atoms with Gasteiger partial charge in [0.2, 0.25) is 5.95 Å². The summed E-state index contributed by atoms with van der Waals surface area (Å²) in [7, 11) is 0. The first-order valence-electron chi connectivity index (χ1n) is 9.34. The number of carbonyl (C=O) groups excluding carboxylic acids is 1. The molecule has 158 valence electrons. The highest BCUT2D eigenvalue weighted by Crippen LogP contribution is 2.27. The molecule has 2 aromatic carbocycles. The number of amides is 1. The second-order valence-corrected chi connectivity index (χ2v) is 7.58. The Bertz CT molecular complexity index is 1220. The van der Waals surface area contributed by atoms with Gasteiger partial charge in [-0.2, -0.15) is 5.10 Å². The van der Waals surface area contributed by atoms with Gasteiger partial charge in [-0.3, -0.25) is 10.1 Å². The first-order chi connectivity index (χ1) is 15.0. The summed E-state index contributed by atoms with van der Waals surface area (Å²) in [5.74, 6) is 0.255.